The van der Waals surface area contributed by atoms with Gasteiger partial charge in [-0.25, -0.2) is 9.59 Å². The van der Waals surface area contributed by atoms with E-state index in [1.54, 1.807) is 13.0 Å². The Morgan fingerprint density at radius 3 is 2.32 bits per heavy atom. The second kappa shape index (κ2) is 5.90. The molecule has 1 N–H and O–H groups in total. The average molecular weight is 376 g/mol. The molecule has 1 rings (SSSR count). The molecule has 0 heterocycles. The monoisotopic (exact) mass is 376 g/mol. The van der Waals surface area contributed by atoms with Crippen LogP contribution in [0.3, 0.4) is 0 Å². The summed E-state index contributed by atoms with van der Waals surface area (Å²) in [7, 11) is 0. The summed E-state index contributed by atoms with van der Waals surface area (Å²) in [5.41, 5.74) is 0.441. The molecule has 19 heavy (non-hydrogen) atoms. The molecular formula is C14H17IO4. The lowest BCUT2D eigenvalue weighted by atomic mass is 9.82. The lowest BCUT2D eigenvalue weighted by Gasteiger charge is -2.24. The Hall–Kier alpha value is -1.11. The van der Waals surface area contributed by atoms with Crippen LogP contribution in [0, 0.1) is 3.57 Å². The van der Waals surface area contributed by atoms with Crippen LogP contribution in [0.1, 0.15) is 54.0 Å². The maximum Gasteiger partial charge on any atom is 0.339 e. The number of carboxylic acids is 1. The molecule has 5 heteroatoms. The molecule has 0 bridgehead atoms. The molecule has 0 unspecified atom stereocenters. The minimum atomic E-state index is -1.11. The van der Waals surface area contributed by atoms with Gasteiger partial charge >= 0.3 is 11.9 Å². The van der Waals surface area contributed by atoms with Crippen LogP contribution in [-0.4, -0.2) is 23.7 Å². The van der Waals surface area contributed by atoms with Crippen molar-refractivity contribution in [3.63, 3.8) is 0 Å². The minimum absolute atomic E-state index is 0.0397. The molecule has 0 saturated carbocycles. The summed E-state index contributed by atoms with van der Waals surface area (Å²) in [4.78, 5) is 23.4. The maximum atomic E-state index is 11.9. The van der Waals surface area contributed by atoms with Crippen LogP contribution in [0.4, 0.5) is 0 Å². The van der Waals surface area contributed by atoms with Crippen molar-refractivity contribution in [2.75, 3.05) is 6.61 Å². The Balaban J connectivity index is 3.60. The Morgan fingerprint density at radius 2 is 1.89 bits per heavy atom. The second-order valence-electron chi connectivity index (χ2n) is 5.12. The highest BCUT2D eigenvalue weighted by atomic mass is 127. The highest BCUT2D eigenvalue weighted by molar-refractivity contribution is 14.1. The normalized spacial score (nSPS) is 11.2. The fourth-order valence-electron chi connectivity index (χ4n) is 1.91. The highest BCUT2D eigenvalue weighted by Crippen LogP contribution is 2.32. The van der Waals surface area contributed by atoms with Crippen LogP contribution in [0.5, 0.6) is 0 Å². The largest absolute Gasteiger partial charge is 0.478 e. The lowest BCUT2D eigenvalue weighted by Crippen LogP contribution is -2.22. The Morgan fingerprint density at radius 1 is 1.32 bits per heavy atom. The number of hydrogen-bond acceptors (Lipinski definition) is 3. The molecule has 0 aliphatic carbocycles. The van der Waals surface area contributed by atoms with Gasteiger partial charge in [0.25, 0.3) is 0 Å². The topological polar surface area (TPSA) is 63.6 Å². The average Bonchev–Trinajstić information content (AvgIpc) is 2.26. The summed E-state index contributed by atoms with van der Waals surface area (Å²) in [6, 6.07) is 3.26. The van der Waals surface area contributed by atoms with Crippen molar-refractivity contribution >= 4 is 34.5 Å². The van der Waals surface area contributed by atoms with E-state index in [1.807, 2.05) is 20.8 Å². The van der Waals surface area contributed by atoms with E-state index in [4.69, 9.17) is 4.74 Å². The van der Waals surface area contributed by atoms with Crippen molar-refractivity contribution in [3.05, 3.63) is 32.4 Å². The van der Waals surface area contributed by atoms with Gasteiger partial charge in [0.05, 0.1) is 17.7 Å². The predicted molar refractivity (Wildman–Crippen MR) is 80.8 cm³/mol. The molecule has 4 nitrogen and oxygen atoms in total. The van der Waals surface area contributed by atoms with Gasteiger partial charge in [0.1, 0.15) is 0 Å². The van der Waals surface area contributed by atoms with E-state index in [9.17, 15) is 14.7 Å². The molecule has 1 aromatic carbocycles. The second-order valence-corrected chi connectivity index (χ2v) is 6.28. The zero-order chi connectivity index (χ0) is 14.8. The number of hydrogen-bond donors (Lipinski definition) is 1. The molecule has 0 aliphatic rings. The summed E-state index contributed by atoms with van der Waals surface area (Å²) >= 11 is 2.09. The predicted octanol–water partition coefficient (Wildman–Crippen LogP) is 3.46. The third-order valence-corrected chi connectivity index (χ3v) is 3.51. The van der Waals surface area contributed by atoms with Gasteiger partial charge in [-0.05, 0) is 52.6 Å². The van der Waals surface area contributed by atoms with E-state index in [1.165, 1.54) is 6.07 Å². The van der Waals surface area contributed by atoms with Crippen molar-refractivity contribution in [1.82, 2.24) is 0 Å². The number of carbonyl (C=O) groups is 2. The lowest BCUT2D eigenvalue weighted by molar-refractivity contribution is 0.0514. The Bertz CT molecular complexity index is 515. The van der Waals surface area contributed by atoms with Crippen molar-refractivity contribution in [2.45, 2.75) is 33.1 Å². The van der Waals surface area contributed by atoms with E-state index in [0.29, 0.717) is 5.56 Å². The first kappa shape index (κ1) is 15.9. The number of ether oxygens (including phenoxy) is 1. The molecule has 0 amide bonds. The molecule has 0 fully saturated rings. The molecule has 104 valence electrons. The molecule has 0 radical (unpaired) electrons. The van der Waals surface area contributed by atoms with Crippen LogP contribution in [0.25, 0.3) is 0 Å². The first-order valence-corrected chi connectivity index (χ1v) is 7.01. The van der Waals surface area contributed by atoms with Gasteiger partial charge in [-0.1, -0.05) is 20.8 Å². The number of carboxylic acid groups (broad SMARTS) is 1. The van der Waals surface area contributed by atoms with Crippen LogP contribution in [-0.2, 0) is 10.2 Å². The highest BCUT2D eigenvalue weighted by Gasteiger charge is 2.29. The quantitative estimate of drug-likeness (QED) is 0.648. The first-order chi connectivity index (χ1) is 8.70. The third-order valence-electron chi connectivity index (χ3n) is 2.61. The maximum absolute atomic E-state index is 11.9. The van der Waals surface area contributed by atoms with Crippen LogP contribution in [0.2, 0.25) is 0 Å². The standard InChI is InChI=1S/C14H17IO4/c1-5-19-13(18)8-6-7-9(15)11(14(2,3)4)10(8)12(16)17/h6-7H,5H2,1-4H3,(H,16,17). The van der Waals surface area contributed by atoms with Crippen molar-refractivity contribution in [1.29, 1.82) is 0 Å². The van der Waals surface area contributed by atoms with E-state index in [2.05, 4.69) is 22.6 Å². The third kappa shape index (κ3) is 3.46. The van der Waals surface area contributed by atoms with Crippen LogP contribution >= 0.6 is 22.6 Å². The molecule has 0 spiro atoms. The number of esters is 1. The Labute approximate surface area is 126 Å². The number of rotatable bonds is 3. The molecular weight excluding hydrogens is 359 g/mol. The summed E-state index contributed by atoms with van der Waals surface area (Å²) < 4.78 is 5.75. The van der Waals surface area contributed by atoms with Crippen LogP contribution < -0.4 is 0 Å². The minimum Gasteiger partial charge on any atom is -0.478 e. The number of benzene rings is 1. The Kier molecular flexibility index (Phi) is 4.95. The number of carbonyl (C=O) groups excluding carboxylic acids is 1. The van der Waals surface area contributed by atoms with Crippen LogP contribution in [0.15, 0.2) is 12.1 Å². The molecule has 0 aromatic heterocycles. The number of aromatic carboxylic acids is 1. The van der Waals surface area contributed by atoms with Gasteiger partial charge in [0, 0.05) is 3.57 Å². The van der Waals surface area contributed by atoms with Crippen molar-refractivity contribution < 1.29 is 19.4 Å². The summed E-state index contributed by atoms with van der Waals surface area (Å²) in [6.45, 7) is 7.67. The smallest absolute Gasteiger partial charge is 0.339 e. The van der Waals surface area contributed by atoms with Gasteiger partial charge in [-0.15, -0.1) is 0 Å². The van der Waals surface area contributed by atoms with E-state index in [-0.39, 0.29) is 23.1 Å². The SMILES string of the molecule is CCOC(=O)c1ccc(I)c(C(C)(C)C)c1C(=O)O. The van der Waals surface area contributed by atoms with Gasteiger partial charge < -0.3 is 9.84 Å². The molecule has 0 aliphatic heterocycles. The van der Waals surface area contributed by atoms with Crippen molar-refractivity contribution in [3.8, 4) is 0 Å². The van der Waals surface area contributed by atoms with Gasteiger partial charge in [0.2, 0.25) is 0 Å². The van der Waals surface area contributed by atoms with Crippen molar-refractivity contribution in [2.24, 2.45) is 0 Å². The van der Waals surface area contributed by atoms with Gasteiger partial charge in [-0.3, -0.25) is 0 Å². The summed E-state index contributed by atoms with van der Waals surface area (Å²) in [6.07, 6.45) is 0. The van der Waals surface area contributed by atoms with Gasteiger partial charge in [0.15, 0.2) is 0 Å². The zero-order valence-corrected chi connectivity index (χ0v) is 13.6. The van der Waals surface area contributed by atoms with E-state index >= 15 is 0 Å². The summed E-state index contributed by atoms with van der Waals surface area (Å²) in [5.74, 6) is -1.70. The van der Waals surface area contributed by atoms with Gasteiger partial charge in [-0.2, -0.15) is 0 Å². The zero-order valence-electron chi connectivity index (χ0n) is 11.4. The molecule has 0 saturated heterocycles. The first-order valence-electron chi connectivity index (χ1n) is 5.93. The molecule has 1 aromatic rings. The fourth-order valence-corrected chi connectivity index (χ4v) is 3.17. The molecule has 0 atom stereocenters. The fraction of sp³-hybridized carbons (Fsp3) is 0.429. The number of halogens is 1. The summed E-state index contributed by atoms with van der Waals surface area (Å²) in [5, 5.41) is 9.44. The van der Waals surface area contributed by atoms with E-state index in [0.717, 1.165) is 3.57 Å². The van der Waals surface area contributed by atoms with E-state index < -0.39 is 11.9 Å².